The van der Waals surface area contributed by atoms with Gasteiger partial charge >= 0.3 is 5.82 Å². The summed E-state index contributed by atoms with van der Waals surface area (Å²) < 4.78 is 2.48. The first-order chi connectivity index (χ1) is 9.15. The fraction of sp³-hybridized carbons (Fsp3) is 0. The Morgan fingerprint density at radius 3 is 2.79 bits per heavy atom. The van der Waals surface area contributed by atoms with Crippen molar-refractivity contribution in [2.75, 3.05) is 0 Å². The SMILES string of the molecule is O=[N+]([O-])c1c(Sc2ccc(Br)cc2)nc2sccn12. The van der Waals surface area contributed by atoms with E-state index in [4.69, 9.17) is 0 Å². The zero-order chi connectivity index (χ0) is 13.4. The molecular formula is C11H6BrN3O2S2. The molecule has 0 spiro atoms. The lowest BCUT2D eigenvalue weighted by Gasteiger charge is -1.99. The molecule has 96 valence electrons. The molecule has 0 saturated carbocycles. The Kier molecular flexibility index (Phi) is 3.29. The second-order valence-electron chi connectivity index (χ2n) is 3.61. The number of hydrogen-bond donors (Lipinski definition) is 0. The molecule has 3 aromatic rings. The molecule has 0 aliphatic rings. The summed E-state index contributed by atoms with van der Waals surface area (Å²) in [4.78, 5) is 16.6. The average Bonchev–Trinajstić information content (AvgIpc) is 2.91. The van der Waals surface area contributed by atoms with Crippen molar-refractivity contribution in [3.63, 3.8) is 0 Å². The number of imidazole rings is 1. The normalized spacial score (nSPS) is 11.0. The van der Waals surface area contributed by atoms with Crippen molar-refractivity contribution in [3.05, 3.63) is 50.4 Å². The Morgan fingerprint density at radius 2 is 2.11 bits per heavy atom. The second-order valence-corrected chi connectivity index (χ2v) is 6.46. The van der Waals surface area contributed by atoms with Crippen molar-refractivity contribution in [1.82, 2.24) is 9.38 Å². The van der Waals surface area contributed by atoms with E-state index in [-0.39, 0.29) is 5.82 Å². The van der Waals surface area contributed by atoms with Crippen molar-refractivity contribution in [1.29, 1.82) is 0 Å². The van der Waals surface area contributed by atoms with E-state index < -0.39 is 4.92 Å². The minimum atomic E-state index is -0.395. The number of rotatable bonds is 3. The highest BCUT2D eigenvalue weighted by molar-refractivity contribution is 9.10. The van der Waals surface area contributed by atoms with Crippen molar-refractivity contribution in [2.24, 2.45) is 0 Å². The Labute approximate surface area is 124 Å². The van der Waals surface area contributed by atoms with Crippen molar-refractivity contribution in [3.8, 4) is 0 Å². The number of fused-ring (bicyclic) bond motifs is 1. The molecule has 3 rings (SSSR count). The van der Waals surface area contributed by atoms with Gasteiger partial charge in [0.05, 0.1) is 0 Å². The number of aromatic nitrogens is 2. The first kappa shape index (κ1) is 12.6. The van der Waals surface area contributed by atoms with Crippen LogP contribution >= 0.6 is 39.0 Å². The topological polar surface area (TPSA) is 60.4 Å². The molecule has 0 N–H and O–H groups in total. The number of thiazole rings is 1. The standard InChI is InChI=1S/C11H6BrN3O2S2/c12-7-1-3-8(4-2-7)19-9-10(15(16)17)14-5-6-18-11(14)13-9/h1-6H. The highest BCUT2D eigenvalue weighted by Gasteiger charge is 2.24. The fourth-order valence-corrected chi connectivity index (χ4v) is 3.53. The van der Waals surface area contributed by atoms with E-state index >= 15 is 0 Å². The van der Waals surface area contributed by atoms with Crippen molar-refractivity contribution in [2.45, 2.75) is 9.92 Å². The van der Waals surface area contributed by atoms with E-state index in [1.807, 2.05) is 24.3 Å². The van der Waals surface area contributed by atoms with Gasteiger partial charge in [-0.25, -0.2) is 0 Å². The van der Waals surface area contributed by atoms with Gasteiger partial charge in [-0.05, 0) is 29.2 Å². The molecule has 2 aromatic heterocycles. The fourth-order valence-electron chi connectivity index (χ4n) is 1.60. The molecule has 0 radical (unpaired) electrons. The molecular weight excluding hydrogens is 350 g/mol. The minimum absolute atomic E-state index is 0.0177. The molecule has 0 amide bonds. The van der Waals surface area contributed by atoms with Gasteiger partial charge in [0.2, 0.25) is 5.03 Å². The van der Waals surface area contributed by atoms with E-state index in [1.54, 1.807) is 11.6 Å². The zero-order valence-corrected chi connectivity index (χ0v) is 12.5. The molecule has 0 unspecified atom stereocenters. The van der Waals surface area contributed by atoms with Crippen molar-refractivity contribution >= 4 is 49.8 Å². The molecule has 0 saturated heterocycles. The van der Waals surface area contributed by atoms with Gasteiger partial charge in [-0.15, -0.1) is 0 Å². The highest BCUT2D eigenvalue weighted by atomic mass is 79.9. The van der Waals surface area contributed by atoms with Crippen LogP contribution in [0.3, 0.4) is 0 Å². The van der Waals surface area contributed by atoms with Gasteiger partial charge in [0.1, 0.15) is 6.20 Å². The predicted octanol–water partition coefficient (Wildman–Crippen LogP) is 4.22. The van der Waals surface area contributed by atoms with Crippen LogP contribution in [-0.2, 0) is 0 Å². The number of halogens is 1. The van der Waals surface area contributed by atoms with E-state index in [9.17, 15) is 10.1 Å². The van der Waals surface area contributed by atoms with Crippen LogP contribution in [-0.4, -0.2) is 14.3 Å². The third kappa shape index (κ3) is 2.38. The summed E-state index contributed by atoms with van der Waals surface area (Å²) in [5.41, 5.74) is 0. The Balaban J connectivity index is 2.04. The lowest BCUT2D eigenvalue weighted by atomic mass is 10.4. The number of nitro groups is 1. The molecule has 2 heterocycles. The maximum absolute atomic E-state index is 11.2. The maximum atomic E-state index is 11.2. The predicted molar refractivity (Wildman–Crippen MR) is 78.0 cm³/mol. The van der Waals surface area contributed by atoms with Gasteiger partial charge in [-0.2, -0.15) is 9.38 Å². The molecule has 0 bridgehead atoms. The summed E-state index contributed by atoms with van der Waals surface area (Å²) in [7, 11) is 0. The third-order valence-corrected chi connectivity index (χ3v) is 4.67. The molecule has 1 aromatic carbocycles. The molecule has 8 heteroatoms. The molecule has 0 aliphatic heterocycles. The van der Waals surface area contributed by atoms with Crippen LogP contribution in [0.1, 0.15) is 0 Å². The average molecular weight is 356 g/mol. The van der Waals surface area contributed by atoms with Crippen LogP contribution in [0, 0.1) is 10.1 Å². The van der Waals surface area contributed by atoms with Crippen molar-refractivity contribution < 1.29 is 4.92 Å². The van der Waals surface area contributed by atoms with Crippen LogP contribution in [0.25, 0.3) is 4.96 Å². The molecule has 0 aliphatic carbocycles. The van der Waals surface area contributed by atoms with Gasteiger partial charge in [-0.3, -0.25) is 0 Å². The molecule has 5 nitrogen and oxygen atoms in total. The molecule has 0 fully saturated rings. The zero-order valence-electron chi connectivity index (χ0n) is 9.32. The largest absolute Gasteiger partial charge is 0.363 e. The van der Waals surface area contributed by atoms with Crippen LogP contribution in [0.5, 0.6) is 0 Å². The second kappa shape index (κ2) is 4.95. The minimum Gasteiger partial charge on any atom is -0.358 e. The molecule has 19 heavy (non-hydrogen) atoms. The first-order valence-electron chi connectivity index (χ1n) is 5.18. The van der Waals surface area contributed by atoms with E-state index in [0.717, 1.165) is 9.37 Å². The van der Waals surface area contributed by atoms with Gasteiger partial charge in [0.15, 0.2) is 0 Å². The third-order valence-electron chi connectivity index (χ3n) is 2.41. The lowest BCUT2D eigenvalue weighted by Crippen LogP contribution is -1.93. The maximum Gasteiger partial charge on any atom is 0.363 e. The number of hydrogen-bond acceptors (Lipinski definition) is 5. The Morgan fingerprint density at radius 1 is 1.37 bits per heavy atom. The summed E-state index contributed by atoms with van der Waals surface area (Å²) >= 11 is 6.03. The van der Waals surface area contributed by atoms with Crippen LogP contribution in [0.2, 0.25) is 0 Å². The Hall–Kier alpha value is -1.38. The number of benzene rings is 1. The summed E-state index contributed by atoms with van der Waals surface area (Å²) in [6, 6.07) is 7.58. The van der Waals surface area contributed by atoms with E-state index in [1.165, 1.54) is 27.5 Å². The molecule has 0 atom stereocenters. The quantitative estimate of drug-likeness (QED) is 0.521. The smallest absolute Gasteiger partial charge is 0.358 e. The van der Waals surface area contributed by atoms with Crippen LogP contribution in [0.4, 0.5) is 5.82 Å². The Bertz CT molecular complexity index is 751. The monoisotopic (exact) mass is 355 g/mol. The van der Waals surface area contributed by atoms with Gasteiger partial charge in [-0.1, -0.05) is 39.0 Å². The summed E-state index contributed by atoms with van der Waals surface area (Å²) in [6.45, 7) is 0. The van der Waals surface area contributed by atoms with Gasteiger partial charge in [0.25, 0.3) is 4.96 Å². The van der Waals surface area contributed by atoms with Crippen LogP contribution in [0.15, 0.2) is 50.2 Å². The highest BCUT2D eigenvalue weighted by Crippen LogP contribution is 2.36. The van der Waals surface area contributed by atoms with Gasteiger partial charge < -0.3 is 10.1 Å². The first-order valence-corrected chi connectivity index (χ1v) is 7.67. The van der Waals surface area contributed by atoms with Gasteiger partial charge in [0, 0.05) is 14.7 Å². The van der Waals surface area contributed by atoms with E-state index in [0.29, 0.717) is 9.99 Å². The summed E-state index contributed by atoms with van der Waals surface area (Å²) in [6.07, 6.45) is 1.66. The van der Waals surface area contributed by atoms with Crippen LogP contribution < -0.4 is 0 Å². The summed E-state index contributed by atoms with van der Waals surface area (Å²) in [5, 5.41) is 13.4. The van der Waals surface area contributed by atoms with E-state index in [2.05, 4.69) is 20.9 Å². The summed E-state index contributed by atoms with van der Waals surface area (Å²) in [5.74, 6) is 0.0177. The lowest BCUT2D eigenvalue weighted by molar-refractivity contribution is -0.393. The number of nitrogens with zero attached hydrogens (tertiary/aromatic N) is 3.